The lowest BCUT2D eigenvalue weighted by molar-refractivity contribution is 0.215. The molecular formula is C16H21NO3S2. The van der Waals surface area contributed by atoms with Gasteiger partial charge in [-0.2, -0.15) is 0 Å². The van der Waals surface area contributed by atoms with E-state index in [1.165, 1.54) is 0 Å². The van der Waals surface area contributed by atoms with Gasteiger partial charge in [0.2, 0.25) is 0 Å². The summed E-state index contributed by atoms with van der Waals surface area (Å²) in [5.74, 6) is 0.435. The van der Waals surface area contributed by atoms with Crippen LogP contribution in [0.1, 0.15) is 38.4 Å². The molecule has 0 spiro atoms. The predicted octanol–water partition coefficient (Wildman–Crippen LogP) is 3.56. The number of sulfone groups is 1. The number of thiophene rings is 1. The Morgan fingerprint density at radius 2 is 2.05 bits per heavy atom. The van der Waals surface area contributed by atoms with Crippen LogP contribution in [0.15, 0.2) is 10.3 Å². The molecule has 0 saturated heterocycles. The third-order valence-electron chi connectivity index (χ3n) is 4.55. The molecule has 6 heteroatoms. The van der Waals surface area contributed by atoms with Crippen LogP contribution in [0.5, 0.6) is 5.75 Å². The van der Waals surface area contributed by atoms with Crippen molar-refractivity contribution < 1.29 is 13.5 Å². The molecule has 0 aromatic carbocycles. The molecule has 22 heavy (non-hydrogen) atoms. The summed E-state index contributed by atoms with van der Waals surface area (Å²) >= 11 is 1.06. The highest BCUT2D eigenvalue weighted by Crippen LogP contribution is 2.43. The summed E-state index contributed by atoms with van der Waals surface area (Å²) < 4.78 is 23.5. The van der Waals surface area contributed by atoms with Crippen molar-refractivity contribution in [2.45, 2.75) is 44.2 Å². The van der Waals surface area contributed by atoms with Crippen LogP contribution in [0.25, 0.3) is 10.2 Å². The van der Waals surface area contributed by atoms with Crippen LogP contribution in [-0.2, 0) is 22.7 Å². The van der Waals surface area contributed by atoms with Crippen molar-refractivity contribution in [3.63, 3.8) is 0 Å². The molecule has 1 unspecified atom stereocenters. The molecule has 0 radical (unpaired) electrons. The number of hydrogen-bond acceptors (Lipinski definition) is 5. The molecule has 2 aromatic heterocycles. The lowest BCUT2D eigenvalue weighted by Crippen LogP contribution is -2.27. The van der Waals surface area contributed by atoms with Gasteiger partial charge in [-0.3, -0.25) is 0 Å². The fourth-order valence-electron chi connectivity index (χ4n) is 3.13. The van der Waals surface area contributed by atoms with Gasteiger partial charge in [0, 0.05) is 11.9 Å². The minimum atomic E-state index is -3.42. The SMILES string of the molecule is CC(C)(C)C1CCc2nc3sc(S(C)(=O)=O)c(O)c3cc2C1. The van der Waals surface area contributed by atoms with Gasteiger partial charge in [-0.1, -0.05) is 32.1 Å². The molecule has 0 fully saturated rings. The molecule has 0 aliphatic heterocycles. The number of rotatable bonds is 1. The van der Waals surface area contributed by atoms with Gasteiger partial charge in [0.1, 0.15) is 4.83 Å². The van der Waals surface area contributed by atoms with Crippen molar-refractivity contribution >= 4 is 31.4 Å². The van der Waals surface area contributed by atoms with E-state index in [1.54, 1.807) is 0 Å². The van der Waals surface area contributed by atoms with E-state index in [0.717, 1.165) is 48.1 Å². The van der Waals surface area contributed by atoms with Crippen molar-refractivity contribution in [2.75, 3.05) is 6.26 Å². The Morgan fingerprint density at radius 3 is 2.64 bits per heavy atom. The minimum absolute atomic E-state index is 0.0183. The van der Waals surface area contributed by atoms with Gasteiger partial charge in [-0.25, -0.2) is 13.4 Å². The second kappa shape index (κ2) is 4.93. The maximum Gasteiger partial charge on any atom is 0.188 e. The summed E-state index contributed by atoms with van der Waals surface area (Å²) in [5, 5.41) is 10.8. The zero-order chi connectivity index (χ0) is 16.3. The molecule has 4 nitrogen and oxygen atoms in total. The molecule has 2 heterocycles. The first-order valence-electron chi connectivity index (χ1n) is 7.41. The Kier molecular flexibility index (Phi) is 3.53. The summed E-state index contributed by atoms with van der Waals surface area (Å²) in [6, 6.07) is 1.94. The van der Waals surface area contributed by atoms with Crippen molar-refractivity contribution in [3.05, 3.63) is 17.3 Å². The second-order valence-corrected chi connectivity index (χ2v) is 10.5. The van der Waals surface area contributed by atoms with Gasteiger partial charge in [0.25, 0.3) is 0 Å². The smallest absolute Gasteiger partial charge is 0.188 e. The van der Waals surface area contributed by atoms with E-state index in [2.05, 4.69) is 25.8 Å². The van der Waals surface area contributed by atoms with Crippen LogP contribution >= 0.6 is 11.3 Å². The number of pyridine rings is 1. The summed E-state index contributed by atoms with van der Waals surface area (Å²) in [6.07, 6.45) is 4.07. The molecular weight excluding hydrogens is 318 g/mol. The van der Waals surface area contributed by atoms with Crippen molar-refractivity contribution in [2.24, 2.45) is 11.3 Å². The largest absolute Gasteiger partial charge is 0.505 e. The summed E-state index contributed by atoms with van der Waals surface area (Å²) in [6.45, 7) is 6.75. The highest BCUT2D eigenvalue weighted by molar-refractivity contribution is 7.93. The molecule has 0 amide bonds. The molecule has 0 saturated carbocycles. The summed E-state index contributed by atoms with van der Waals surface area (Å²) in [7, 11) is -3.42. The quantitative estimate of drug-likeness (QED) is 0.862. The number of nitrogens with zero attached hydrogens (tertiary/aromatic N) is 1. The third kappa shape index (κ3) is 2.63. The van der Waals surface area contributed by atoms with Crippen LogP contribution in [0.4, 0.5) is 0 Å². The van der Waals surface area contributed by atoms with Gasteiger partial charge >= 0.3 is 0 Å². The van der Waals surface area contributed by atoms with Gasteiger partial charge in [0.05, 0.1) is 5.39 Å². The number of fused-ring (bicyclic) bond motifs is 2. The molecule has 1 atom stereocenters. The van der Waals surface area contributed by atoms with Gasteiger partial charge < -0.3 is 5.11 Å². The summed E-state index contributed by atoms with van der Waals surface area (Å²) in [5.41, 5.74) is 2.43. The predicted molar refractivity (Wildman–Crippen MR) is 89.4 cm³/mol. The van der Waals surface area contributed by atoms with Gasteiger partial charge in [-0.05, 0) is 42.2 Å². The maximum absolute atomic E-state index is 11.8. The Bertz CT molecular complexity index is 844. The topological polar surface area (TPSA) is 67.3 Å². The fraction of sp³-hybridized carbons (Fsp3) is 0.562. The second-order valence-electron chi connectivity index (χ2n) is 7.26. The molecule has 2 aromatic rings. The van der Waals surface area contributed by atoms with Crippen LogP contribution in [0, 0.1) is 11.3 Å². The van der Waals surface area contributed by atoms with E-state index in [0.29, 0.717) is 16.1 Å². The highest BCUT2D eigenvalue weighted by atomic mass is 32.2. The Balaban J connectivity index is 2.13. The Hall–Kier alpha value is -1.14. The average Bonchev–Trinajstić information content (AvgIpc) is 2.71. The van der Waals surface area contributed by atoms with Crippen LogP contribution in [0.2, 0.25) is 0 Å². The van der Waals surface area contributed by atoms with Crippen LogP contribution in [-0.4, -0.2) is 24.8 Å². The number of hydrogen-bond donors (Lipinski definition) is 1. The normalized spacial score (nSPS) is 19.4. The van der Waals surface area contributed by atoms with Gasteiger partial charge in [-0.15, -0.1) is 0 Å². The van der Waals surface area contributed by atoms with Crippen LogP contribution in [0.3, 0.4) is 0 Å². The first-order valence-corrected chi connectivity index (χ1v) is 10.1. The Labute approximate surface area is 135 Å². The molecule has 1 aliphatic rings. The Morgan fingerprint density at radius 1 is 1.36 bits per heavy atom. The van der Waals surface area contributed by atoms with E-state index in [4.69, 9.17) is 0 Å². The standard InChI is InChI=1S/C16H21NO3S2/c1-16(2,3)10-5-6-12-9(7-10)8-11-13(18)15(22(4,19)20)21-14(11)17-12/h8,10,18H,5-7H2,1-4H3. The fourth-order valence-corrected chi connectivity index (χ4v) is 5.24. The number of aryl methyl sites for hydroxylation is 1. The van der Waals surface area contributed by atoms with Gasteiger partial charge in [0.15, 0.2) is 19.8 Å². The van der Waals surface area contributed by atoms with E-state index in [9.17, 15) is 13.5 Å². The molecule has 3 rings (SSSR count). The van der Waals surface area contributed by atoms with E-state index < -0.39 is 9.84 Å². The molecule has 120 valence electrons. The minimum Gasteiger partial charge on any atom is -0.505 e. The monoisotopic (exact) mass is 339 g/mol. The van der Waals surface area contributed by atoms with Crippen molar-refractivity contribution in [1.29, 1.82) is 0 Å². The molecule has 1 aliphatic carbocycles. The number of aromatic hydroxyl groups is 1. The lowest BCUT2D eigenvalue weighted by atomic mass is 9.71. The zero-order valence-electron chi connectivity index (χ0n) is 13.3. The molecule has 0 bridgehead atoms. The van der Waals surface area contributed by atoms with Crippen molar-refractivity contribution in [1.82, 2.24) is 4.98 Å². The zero-order valence-corrected chi connectivity index (χ0v) is 14.9. The first-order chi connectivity index (χ1) is 10.1. The lowest BCUT2D eigenvalue weighted by Gasteiger charge is -2.34. The van der Waals surface area contributed by atoms with E-state index in [-0.39, 0.29) is 15.4 Å². The highest BCUT2D eigenvalue weighted by Gasteiger charge is 2.30. The van der Waals surface area contributed by atoms with E-state index >= 15 is 0 Å². The molecule has 1 N–H and O–H groups in total. The van der Waals surface area contributed by atoms with Crippen molar-refractivity contribution in [3.8, 4) is 5.75 Å². The van der Waals surface area contributed by atoms with Crippen LogP contribution < -0.4 is 0 Å². The summed E-state index contributed by atoms with van der Waals surface area (Å²) in [4.78, 5) is 5.24. The van der Waals surface area contributed by atoms with E-state index in [1.807, 2.05) is 6.07 Å². The number of aromatic nitrogens is 1. The maximum atomic E-state index is 11.8. The average molecular weight is 339 g/mol. The third-order valence-corrected chi connectivity index (χ3v) is 7.46. The first kappa shape index (κ1) is 15.7.